The van der Waals surface area contributed by atoms with Gasteiger partial charge in [0.2, 0.25) is 15.9 Å². The van der Waals surface area contributed by atoms with Crippen molar-refractivity contribution in [3.8, 4) is 5.75 Å². The molecule has 3 aromatic rings. The number of ether oxygens (including phenoxy) is 1. The average Bonchev–Trinajstić information content (AvgIpc) is 2.76. The van der Waals surface area contributed by atoms with Crippen molar-refractivity contribution < 1.29 is 17.9 Å². The topological polar surface area (TPSA) is 75.7 Å². The number of anilines is 1. The van der Waals surface area contributed by atoms with Gasteiger partial charge in [0.25, 0.3) is 0 Å². The number of sulfonamides is 1. The summed E-state index contributed by atoms with van der Waals surface area (Å²) in [6, 6.07) is 18.8. The highest BCUT2D eigenvalue weighted by Gasteiger charge is 2.29. The fraction of sp³-hybridized carbons (Fsp3) is 0.296. The lowest BCUT2D eigenvalue weighted by molar-refractivity contribution is -0.116. The fourth-order valence-electron chi connectivity index (χ4n) is 4.15. The van der Waals surface area contributed by atoms with Crippen molar-refractivity contribution in [2.45, 2.75) is 39.0 Å². The molecule has 0 atom stereocenters. The highest BCUT2D eigenvalue weighted by molar-refractivity contribution is 7.89. The first-order valence-electron chi connectivity index (χ1n) is 11.2. The van der Waals surface area contributed by atoms with Crippen LogP contribution in [0.25, 0.3) is 0 Å². The zero-order chi connectivity index (χ0) is 24.9. The lowest BCUT2D eigenvalue weighted by Crippen LogP contribution is -2.40. The first kappa shape index (κ1) is 25.5. The van der Waals surface area contributed by atoms with E-state index in [1.54, 1.807) is 26.0 Å². The monoisotopic (exact) mass is 480 g/mol. The van der Waals surface area contributed by atoms with Crippen LogP contribution in [0, 0.1) is 27.7 Å². The van der Waals surface area contributed by atoms with Crippen LogP contribution in [0.1, 0.15) is 27.8 Å². The van der Waals surface area contributed by atoms with Crippen LogP contribution in [-0.4, -0.2) is 38.8 Å². The predicted octanol–water partition coefficient (Wildman–Crippen LogP) is 4.80. The molecule has 0 unspecified atom stereocenters. The van der Waals surface area contributed by atoms with Crippen molar-refractivity contribution in [1.82, 2.24) is 4.31 Å². The molecule has 180 valence electrons. The first-order chi connectivity index (χ1) is 16.1. The predicted molar refractivity (Wildman–Crippen MR) is 136 cm³/mol. The molecule has 3 rings (SSSR count). The highest BCUT2D eigenvalue weighted by atomic mass is 32.2. The molecule has 0 spiro atoms. The summed E-state index contributed by atoms with van der Waals surface area (Å²) in [7, 11) is -2.39. The van der Waals surface area contributed by atoms with Gasteiger partial charge in [-0.2, -0.15) is 4.31 Å². The van der Waals surface area contributed by atoms with Gasteiger partial charge < -0.3 is 10.1 Å². The van der Waals surface area contributed by atoms with Crippen molar-refractivity contribution in [3.05, 3.63) is 88.5 Å². The Labute approximate surface area is 202 Å². The summed E-state index contributed by atoms with van der Waals surface area (Å²) in [6.45, 7) is 7.30. The molecule has 0 fully saturated rings. The van der Waals surface area contributed by atoms with Gasteiger partial charge in [-0.05, 0) is 68.5 Å². The Kier molecular flexibility index (Phi) is 8.12. The molecule has 0 radical (unpaired) electrons. The minimum atomic E-state index is -3.92. The lowest BCUT2D eigenvalue weighted by atomic mass is 10.1. The molecule has 0 saturated carbocycles. The van der Waals surface area contributed by atoms with E-state index in [4.69, 9.17) is 4.74 Å². The number of carbonyl (C=O) groups excluding carboxylic acids is 1. The smallest absolute Gasteiger partial charge is 0.244 e. The summed E-state index contributed by atoms with van der Waals surface area (Å²) in [5, 5.41) is 2.82. The third-order valence-electron chi connectivity index (χ3n) is 5.64. The molecule has 0 aliphatic heterocycles. The van der Waals surface area contributed by atoms with E-state index < -0.39 is 15.9 Å². The largest absolute Gasteiger partial charge is 0.495 e. The Bertz CT molecular complexity index is 1250. The molecule has 3 aromatic carbocycles. The van der Waals surface area contributed by atoms with Gasteiger partial charge in [0.05, 0.1) is 24.2 Å². The highest BCUT2D eigenvalue weighted by Crippen LogP contribution is 2.27. The molecule has 0 aliphatic rings. The number of carbonyl (C=O) groups is 1. The summed E-state index contributed by atoms with van der Waals surface area (Å²) in [6.07, 6.45) is 0.491. The second-order valence-corrected chi connectivity index (χ2v) is 10.4. The van der Waals surface area contributed by atoms with Crippen LogP contribution in [0.3, 0.4) is 0 Å². The van der Waals surface area contributed by atoms with E-state index in [1.165, 1.54) is 11.4 Å². The van der Waals surface area contributed by atoms with Crippen molar-refractivity contribution in [2.75, 3.05) is 25.5 Å². The maximum Gasteiger partial charge on any atom is 0.244 e. The number of rotatable bonds is 9. The van der Waals surface area contributed by atoms with E-state index in [9.17, 15) is 13.2 Å². The van der Waals surface area contributed by atoms with E-state index in [-0.39, 0.29) is 18.0 Å². The third kappa shape index (κ3) is 6.04. The van der Waals surface area contributed by atoms with E-state index >= 15 is 0 Å². The standard InChI is InChI=1S/C27H32N2O4S/c1-19-11-12-25(33-5)24(17-19)28-26(30)18-29(14-13-23-9-7-6-8-10-23)34(31,32)27-21(3)15-20(2)16-22(27)4/h6-12,15-17H,13-14,18H2,1-5H3,(H,28,30). The molecule has 1 N–H and O–H groups in total. The normalized spacial score (nSPS) is 11.5. The SMILES string of the molecule is COc1ccc(C)cc1NC(=O)CN(CCc1ccccc1)S(=O)(=O)c1c(C)cc(C)cc1C. The maximum atomic E-state index is 13.8. The number of benzene rings is 3. The Morgan fingerprint density at radius 3 is 2.18 bits per heavy atom. The van der Waals surface area contributed by atoms with Gasteiger partial charge in [-0.1, -0.05) is 54.1 Å². The fourth-order valence-corrected chi connectivity index (χ4v) is 5.96. The number of nitrogens with one attached hydrogen (secondary N) is 1. The van der Waals surface area contributed by atoms with Crippen LogP contribution in [0.2, 0.25) is 0 Å². The number of aryl methyl sites for hydroxylation is 4. The van der Waals surface area contributed by atoms with Gasteiger partial charge in [0.15, 0.2) is 0 Å². The van der Waals surface area contributed by atoms with E-state index in [0.717, 1.165) is 16.7 Å². The first-order valence-corrected chi connectivity index (χ1v) is 12.6. The van der Waals surface area contributed by atoms with E-state index in [1.807, 2.05) is 62.4 Å². The maximum absolute atomic E-state index is 13.8. The molecule has 0 bridgehead atoms. The molecular formula is C27H32N2O4S. The summed E-state index contributed by atoms with van der Waals surface area (Å²) in [4.78, 5) is 13.3. The quantitative estimate of drug-likeness (QED) is 0.477. The molecule has 0 heterocycles. The van der Waals surface area contributed by atoms with Gasteiger partial charge in [-0.25, -0.2) is 8.42 Å². The Hall–Kier alpha value is -3.16. The second-order valence-electron chi connectivity index (χ2n) is 8.55. The Morgan fingerprint density at radius 2 is 1.56 bits per heavy atom. The van der Waals surface area contributed by atoms with Crippen molar-refractivity contribution in [1.29, 1.82) is 0 Å². The van der Waals surface area contributed by atoms with E-state index in [0.29, 0.717) is 29.0 Å². The van der Waals surface area contributed by atoms with Gasteiger partial charge in [-0.15, -0.1) is 0 Å². The van der Waals surface area contributed by atoms with Crippen LogP contribution in [0.4, 0.5) is 5.69 Å². The molecule has 0 aromatic heterocycles. The molecule has 7 heteroatoms. The van der Waals surface area contributed by atoms with Crippen molar-refractivity contribution in [2.24, 2.45) is 0 Å². The molecule has 34 heavy (non-hydrogen) atoms. The van der Waals surface area contributed by atoms with Crippen LogP contribution in [0.15, 0.2) is 65.6 Å². The van der Waals surface area contributed by atoms with Crippen LogP contribution < -0.4 is 10.1 Å². The molecular weight excluding hydrogens is 448 g/mol. The second kappa shape index (κ2) is 10.8. The number of amides is 1. The third-order valence-corrected chi connectivity index (χ3v) is 7.80. The number of nitrogens with zero attached hydrogens (tertiary/aromatic N) is 1. The summed E-state index contributed by atoms with van der Waals surface area (Å²) in [5.41, 5.74) is 4.80. The summed E-state index contributed by atoms with van der Waals surface area (Å²) >= 11 is 0. The zero-order valence-electron chi connectivity index (χ0n) is 20.4. The molecule has 1 amide bonds. The van der Waals surface area contributed by atoms with Gasteiger partial charge in [-0.3, -0.25) is 4.79 Å². The van der Waals surface area contributed by atoms with Gasteiger partial charge >= 0.3 is 0 Å². The minimum absolute atomic E-state index is 0.178. The van der Waals surface area contributed by atoms with Gasteiger partial charge in [0, 0.05) is 6.54 Å². The minimum Gasteiger partial charge on any atom is -0.495 e. The summed E-state index contributed by atoms with van der Waals surface area (Å²) in [5.74, 6) is 0.0887. The van der Waals surface area contributed by atoms with Crippen LogP contribution >= 0.6 is 0 Å². The summed E-state index contributed by atoms with van der Waals surface area (Å²) < 4.78 is 34.2. The number of methoxy groups -OCH3 is 1. The molecule has 0 aliphatic carbocycles. The number of hydrogen-bond acceptors (Lipinski definition) is 4. The Balaban J connectivity index is 1.92. The number of hydrogen-bond donors (Lipinski definition) is 1. The zero-order valence-corrected chi connectivity index (χ0v) is 21.2. The lowest BCUT2D eigenvalue weighted by Gasteiger charge is -2.24. The average molecular weight is 481 g/mol. The molecule has 0 saturated heterocycles. The molecule has 6 nitrogen and oxygen atoms in total. The van der Waals surface area contributed by atoms with Crippen LogP contribution in [-0.2, 0) is 21.2 Å². The van der Waals surface area contributed by atoms with Gasteiger partial charge in [0.1, 0.15) is 5.75 Å². The van der Waals surface area contributed by atoms with E-state index in [2.05, 4.69) is 5.32 Å². The van der Waals surface area contributed by atoms with Crippen LogP contribution in [0.5, 0.6) is 5.75 Å². The van der Waals surface area contributed by atoms with Crippen molar-refractivity contribution >= 4 is 21.6 Å². The Morgan fingerprint density at radius 1 is 0.912 bits per heavy atom. The van der Waals surface area contributed by atoms with Crippen molar-refractivity contribution in [3.63, 3.8) is 0 Å².